The third kappa shape index (κ3) is 6.76. The van der Waals surface area contributed by atoms with Crippen molar-refractivity contribution in [2.45, 2.75) is 29.7 Å². The number of methoxy groups -OCH3 is 2. The van der Waals surface area contributed by atoms with Crippen LogP contribution in [-0.2, 0) is 29.6 Å². The van der Waals surface area contributed by atoms with Gasteiger partial charge < -0.3 is 9.47 Å². The fourth-order valence-electron chi connectivity index (χ4n) is 3.44. The number of sulfonamides is 2. The number of benzene rings is 3. The molecule has 11 heteroatoms. The zero-order valence-corrected chi connectivity index (χ0v) is 22.4. The quantitative estimate of drug-likeness (QED) is 0.296. The van der Waals surface area contributed by atoms with Gasteiger partial charge in [-0.1, -0.05) is 53.6 Å². The van der Waals surface area contributed by atoms with Gasteiger partial charge in [0.25, 0.3) is 10.0 Å². The molecule has 0 radical (unpaired) electrons. The molecule has 0 spiro atoms. The second-order valence-corrected chi connectivity index (χ2v) is 11.6. The predicted octanol–water partition coefficient (Wildman–Crippen LogP) is 3.37. The van der Waals surface area contributed by atoms with Gasteiger partial charge in [0.2, 0.25) is 10.0 Å². The zero-order chi connectivity index (χ0) is 27.2. The molecule has 37 heavy (non-hydrogen) atoms. The molecule has 0 amide bonds. The van der Waals surface area contributed by atoms with E-state index in [2.05, 4.69) is 9.44 Å². The molecule has 0 bridgehead atoms. The lowest BCUT2D eigenvalue weighted by Gasteiger charge is -2.23. The Labute approximate surface area is 217 Å². The summed E-state index contributed by atoms with van der Waals surface area (Å²) in [4.78, 5) is 12.8. The summed E-state index contributed by atoms with van der Waals surface area (Å²) in [6, 6.07) is 17.3. The van der Waals surface area contributed by atoms with Crippen molar-refractivity contribution in [1.29, 1.82) is 0 Å². The van der Waals surface area contributed by atoms with Gasteiger partial charge >= 0.3 is 5.97 Å². The highest BCUT2D eigenvalue weighted by molar-refractivity contribution is 7.89. The fraction of sp³-hybridized carbons (Fsp3) is 0.192. The van der Waals surface area contributed by atoms with Gasteiger partial charge in [0.05, 0.1) is 35.6 Å². The van der Waals surface area contributed by atoms with Crippen LogP contribution in [0.25, 0.3) is 0 Å². The molecule has 3 aromatic rings. The summed E-state index contributed by atoms with van der Waals surface area (Å²) >= 11 is 0. The molecular weight excluding hydrogens is 516 g/mol. The van der Waals surface area contributed by atoms with Crippen molar-refractivity contribution >= 4 is 26.0 Å². The summed E-state index contributed by atoms with van der Waals surface area (Å²) in [6.07, 6.45) is 0.926. The van der Waals surface area contributed by atoms with Gasteiger partial charge in [0.15, 0.2) is 0 Å². The first-order valence-electron chi connectivity index (χ1n) is 11.1. The Morgan fingerprint density at radius 2 is 1.30 bits per heavy atom. The average molecular weight is 545 g/mol. The summed E-state index contributed by atoms with van der Waals surface area (Å²) in [5.41, 5.74) is 1.69. The van der Waals surface area contributed by atoms with Crippen LogP contribution in [0.5, 0.6) is 5.75 Å². The van der Waals surface area contributed by atoms with Crippen LogP contribution in [0.3, 0.4) is 0 Å². The molecule has 0 aromatic heterocycles. The van der Waals surface area contributed by atoms with E-state index in [0.717, 1.165) is 24.4 Å². The average Bonchev–Trinajstić information content (AvgIpc) is 2.88. The number of hydrogen-bond donors (Lipinski definition) is 2. The van der Waals surface area contributed by atoms with Crippen molar-refractivity contribution in [3.8, 4) is 5.75 Å². The molecule has 0 fully saturated rings. The highest BCUT2D eigenvalue weighted by atomic mass is 32.2. The fourth-order valence-corrected chi connectivity index (χ4v) is 5.55. The molecule has 0 aliphatic carbocycles. The minimum atomic E-state index is -4.18. The number of rotatable bonds is 10. The van der Waals surface area contributed by atoms with Gasteiger partial charge in [-0.2, -0.15) is 4.72 Å². The summed E-state index contributed by atoms with van der Waals surface area (Å²) in [5, 5.41) is 0. The van der Waals surface area contributed by atoms with Gasteiger partial charge in [-0.25, -0.2) is 21.6 Å². The first-order valence-corrected chi connectivity index (χ1v) is 14.0. The largest absolute Gasteiger partial charge is 0.496 e. The third-order valence-corrected chi connectivity index (χ3v) is 8.25. The van der Waals surface area contributed by atoms with Crippen molar-refractivity contribution < 1.29 is 31.1 Å². The number of ether oxygens (including phenoxy) is 2. The zero-order valence-electron chi connectivity index (χ0n) is 20.8. The van der Waals surface area contributed by atoms with Crippen molar-refractivity contribution in [3.05, 3.63) is 101 Å². The molecule has 1 unspecified atom stereocenters. The van der Waals surface area contributed by atoms with Crippen LogP contribution in [0, 0.1) is 13.8 Å². The maximum absolute atomic E-state index is 13.3. The molecule has 2 N–H and O–H groups in total. The van der Waals surface area contributed by atoms with E-state index in [9.17, 15) is 21.6 Å². The summed E-state index contributed by atoms with van der Waals surface area (Å²) in [6.45, 7) is 3.64. The van der Waals surface area contributed by atoms with Gasteiger partial charge in [-0.15, -0.1) is 0 Å². The molecular formula is C26H28N2O7S2. The smallest absolute Gasteiger partial charge is 0.337 e. The number of aryl methyl sites for hydroxylation is 2. The van der Waals surface area contributed by atoms with Crippen molar-refractivity contribution in [1.82, 2.24) is 9.44 Å². The number of carbonyl (C=O) groups excluding carboxylic acids is 1. The van der Waals surface area contributed by atoms with Crippen LogP contribution in [0.4, 0.5) is 0 Å². The SMILES string of the molecule is COC(=O)/C(=C/NS(=O)(=O)c1ccc(C)cc1)C(NS(=O)(=O)c1ccc(C)cc1)c1ccccc1OC. The van der Waals surface area contributed by atoms with Crippen LogP contribution in [0.2, 0.25) is 0 Å². The lowest BCUT2D eigenvalue weighted by atomic mass is 9.99. The van der Waals surface area contributed by atoms with E-state index >= 15 is 0 Å². The molecule has 1 atom stereocenters. The Morgan fingerprint density at radius 3 is 1.81 bits per heavy atom. The Morgan fingerprint density at radius 1 is 0.784 bits per heavy atom. The lowest BCUT2D eigenvalue weighted by molar-refractivity contribution is -0.136. The summed E-state index contributed by atoms with van der Waals surface area (Å²) < 4.78 is 67.5. The van der Waals surface area contributed by atoms with E-state index in [1.165, 1.54) is 31.4 Å². The van der Waals surface area contributed by atoms with Crippen LogP contribution in [0.1, 0.15) is 22.7 Å². The van der Waals surface area contributed by atoms with Gasteiger partial charge in [0, 0.05) is 11.8 Å². The standard InChI is InChI=1S/C26H28N2O7S2/c1-18-9-13-20(14-10-18)36(30,31)27-17-23(26(29)35-4)25(22-7-5-6-8-24(22)34-3)28-37(32,33)21-15-11-19(2)12-16-21/h5-17,25,27-28H,1-4H3/b23-17+. The molecule has 0 aliphatic rings. The highest BCUT2D eigenvalue weighted by Crippen LogP contribution is 2.32. The number of nitrogens with one attached hydrogen (secondary N) is 2. The Bertz CT molecular complexity index is 1500. The van der Waals surface area contributed by atoms with Crippen LogP contribution in [-0.4, -0.2) is 37.0 Å². The molecule has 9 nitrogen and oxygen atoms in total. The maximum atomic E-state index is 13.3. The number of hydrogen-bond acceptors (Lipinski definition) is 7. The second kappa shape index (κ2) is 11.6. The number of para-hydroxylation sites is 1. The topological polar surface area (TPSA) is 128 Å². The number of carbonyl (C=O) groups is 1. The monoisotopic (exact) mass is 544 g/mol. The minimum Gasteiger partial charge on any atom is -0.496 e. The van der Waals surface area contributed by atoms with Gasteiger partial charge in [-0.05, 0) is 44.2 Å². The third-order valence-electron chi connectivity index (χ3n) is 5.49. The second-order valence-electron chi connectivity index (χ2n) is 8.13. The molecule has 0 saturated heterocycles. The molecule has 0 saturated carbocycles. The van der Waals surface area contributed by atoms with Crippen molar-refractivity contribution in [3.63, 3.8) is 0 Å². The molecule has 0 aliphatic heterocycles. The van der Waals surface area contributed by atoms with E-state index in [-0.39, 0.29) is 26.7 Å². The molecule has 0 heterocycles. The van der Waals surface area contributed by atoms with E-state index in [1.54, 1.807) is 48.5 Å². The van der Waals surface area contributed by atoms with E-state index in [0.29, 0.717) is 0 Å². The Kier molecular flexibility index (Phi) is 8.74. The van der Waals surface area contributed by atoms with Crippen molar-refractivity contribution in [2.24, 2.45) is 0 Å². The minimum absolute atomic E-state index is 0.0346. The van der Waals surface area contributed by atoms with Gasteiger partial charge in [-0.3, -0.25) is 4.72 Å². The first kappa shape index (κ1) is 27.9. The first-order chi connectivity index (χ1) is 17.5. The van der Waals surface area contributed by atoms with E-state index in [4.69, 9.17) is 9.47 Å². The maximum Gasteiger partial charge on any atom is 0.337 e. The van der Waals surface area contributed by atoms with Gasteiger partial charge in [0.1, 0.15) is 5.75 Å². The Hall–Kier alpha value is -3.67. The predicted molar refractivity (Wildman–Crippen MR) is 139 cm³/mol. The van der Waals surface area contributed by atoms with Crippen LogP contribution >= 0.6 is 0 Å². The number of esters is 1. The summed E-state index contributed by atoms with van der Waals surface area (Å²) in [5.74, 6) is -0.676. The van der Waals surface area contributed by atoms with E-state index in [1.807, 2.05) is 13.8 Å². The molecule has 3 aromatic carbocycles. The van der Waals surface area contributed by atoms with Crippen LogP contribution < -0.4 is 14.2 Å². The van der Waals surface area contributed by atoms with E-state index < -0.39 is 32.1 Å². The summed E-state index contributed by atoms with van der Waals surface area (Å²) in [7, 11) is -5.76. The van der Waals surface area contributed by atoms with Crippen molar-refractivity contribution in [2.75, 3.05) is 14.2 Å². The van der Waals surface area contributed by atoms with Crippen LogP contribution in [0.15, 0.2) is 94.4 Å². The molecule has 3 rings (SSSR count). The molecule has 196 valence electrons. The normalized spacial score (nSPS) is 13.0. The lowest BCUT2D eigenvalue weighted by Crippen LogP contribution is -2.34. The highest BCUT2D eigenvalue weighted by Gasteiger charge is 2.31. The Balaban J connectivity index is 2.13.